The molecule has 0 amide bonds. The van der Waals surface area contributed by atoms with E-state index in [1.807, 2.05) is 6.92 Å². The number of nitrogens with zero attached hydrogens (tertiary/aromatic N) is 1. The van der Waals surface area contributed by atoms with Crippen molar-refractivity contribution in [2.24, 2.45) is 5.18 Å². The van der Waals surface area contributed by atoms with Gasteiger partial charge >= 0.3 is 5.97 Å². The molecule has 14 heavy (non-hydrogen) atoms. The highest BCUT2D eigenvalue weighted by Crippen LogP contribution is 2.23. The molecule has 0 saturated carbocycles. The van der Waals surface area contributed by atoms with Gasteiger partial charge in [0.05, 0.1) is 12.7 Å². The zero-order valence-electron chi connectivity index (χ0n) is 8.33. The maximum absolute atomic E-state index is 11.2. The Morgan fingerprint density at radius 2 is 2.00 bits per heavy atom. The summed E-state index contributed by atoms with van der Waals surface area (Å²) in [6.07, 6.45) is 0. The first-order chi connectivity index (χ1) is 6.60. The standard InChI is InChI=1S/C10H11NO3/c1-6-4-8(10(12)14-3)5-9(11-13)7(6)2/h4-5H,1-3H3. The summed E-state index contributed by atoms with van der Waals surface area (Å²) in [7, 11) is 1.30. The predicted octanol–water partition coefficient (Wildman–Crippen LogP) is 2.49. The van der Waals surface area contributed by atoms with Gasteiger partial charge in [-0.15, -0.1) is 4.91 Å². The van der Waals surface area contributed by atoms with Crippen LogP contribution in [0.5, 0.6) is 0 Å². The first-order valence-corrected chi connectivity index (χ1v) is 4.13. The highest BCUT2D eigenvalue weighted by Gasteiger charge is 2.10. The van der Waals surface area contributed by atoms with Crippen molar-refractivity contribution in [1.29, 1.82) is 0 Å². The second-order valence-corrected chi connectivity index (χ2v) is 3.02. The topological polar surface area (TPSA) is 55.7 Å². The molecule has 0 aliphatic heterocycles. The van der Waals surface area contributed by atoms with Crippen molar-refractivity contribution in [2.45, 2.75) is 13.8 Å². The number of hydrogen-bond acceptors (Lipinski definition) is 4. The van der Waals surface area contributed by atoms with Gasteiger partial charge in [0, 0.05) is 0 Å². The van der Waals surface area contributed by atoms with E-state index in [1.165, 1.54) is 13.2 Å². The Kier molecular flexibility index (Phi) is 2.96. The zero-order valence-corrected chi connectivity index (χ0v) is 8.33. The molecule has 0 unspecified atom stereocenters. The Bertz CT molecular complexity index is 385. The second kappa shape index (κ2) is 4.00. The number of methoxy groups -OCH3 is 1. The SMILES string of the molecule is COC(=O)c1cc(C)c(C)c(N=O)c1. The average molecular weight is 193 g/mol. The van der Waals surface area contributed by atoms with Crippen LogP contribution < -0.4 is 0 Å². The first kappa shape index (κ1) is 10.4. The number of carbonyl (C=O) groups excluding carboxylic acids is 1. The van der Waals surface area contributed by atoms with Crippen molar-refractivity contribution in [3.63, 3.8) is 0 Å². The van der Waals surface area contributed by atoms with Crippen molar-refractivity contribution >= 4 is 11.7 Å². The van der Waals surface area contributed by atoms with E-state index >= 15 is 0 Å². The van der Waals surface area contributed by atoms with Crippen LogP contribution in [0.4, 0.5) is 5.69 Å². The smallest absolute Gasteiger partial charge is 0.337 e. The summed E-state index contributed by atoms with van der Waals surface area (Å²) >= 11 is 0. The molecule has 0 radical (unpaired) electrons. The van der Waals surface area contributed by atoms with Crippen LogP contribution in [0.1, 0.15) is 21.5 Å². The van der Waals surface area contributed by atoms with Crippen LogP contribution in [0.2, 0.25) is 0 Å². The summed E-state index contributed by atoms with van der Waals surface area (Å²) in [5.41, 5.74) is 2.27. The normalized spacial score (nSPS) is 9.64. The number of rotatable bonds is 2. The van der Waals surface area contributed by atoms with E-state index in [0.717, 1.165) is 11.1 Å². The van der Waals surface area contributed by atoms with E-state index in [-0.39, 0.29) is 5.69 Å². The number of ether oxygens (including phenoxy) is 1. The number of carbonyl (C=O) groups is 1. The Labute approximate surface area is 81.9 Å². The molecule has 0 aliphatic rings. The van der Waals surface area contributed by atoms with Crippen LogP contribution in [0.15, 0.2) is 17.3 Å². The van der Waals surface area contributed by atoms with Crippen LogP contribution in [-0.2, 0) is 4.74 Å². The lowest BCUT2D eigenvalue weighted by Gasteiger charge is -2.05. The highest BCUT2D eigenvalue weighted by atomic mass is 16.5. The summed E-state index contributed by atoms with van der Waals surface area (Å²) in [5, 5.41) is 2.85. The quantitative estimate of drug-likeness (QED) is 0.535. The zero-order chi connectivity index (χ0) is 10.7. The van der Waals surface area contributed by atoms with Crippen molar-refractivity contribution in [3.05, 3.63) is 33.7 Å². The minimum Gasteiger partial charge on any atom is -0.465 e. The van der Waals surface area contributed by atoms with Crippen LogP contribution in [0.3, 0.4) is 0 Å². The third-order valence-electron chi connectivity index (χ3n) is 2.16. The second-order valence-electron chi connectivity index (χ2n) is 3.02. The van der Waals surface area contributed by atoms with E-state index < -0.39 is 5.97 Å². The average Bonchev–Trinajstić information content (AvgIpc) is 2.20. The molecule has 1 rings (SSSR count). The van der Waals surface area contributed by atoms with E-state index in [4.69, 9.17) is 0 Å². The van der Waals surface area contributed by atoms with Crippen LogP contribution in [0, 0.1) is 18.8 Å². The van der Waals surface area contributed by atoms with E-state index in [2.05, 4.69) is 9.91 Å². The van der Waals surface area contributed by atoms with E-state index in [0.29, 0.717) is 5.56 Å². The van der Waals surface area contributed by atoms with Gasteiger partial charge in [-0.1, -0.05) is 0 Å². The summed E-state index contributed by atoms with van der Waals surface area (Å²) in [5.74, 6) is -0.460. The molecule has 0 aliphatic carbocycles. The molecule has 1 aromatic carbocycles. The fourth-order valence-electron chi connectivity index (χ4n) is 1.17. The van der Waals surface area contributed by atoms with Gasteiger partial charge in [-0.2, -0.15) is 0 Å². The molecule has 0 atom stereocenters. The molecule has 74 valence electrons. The largest absolute Gasteiger partial charge is 0.465 e. The van der Waals surface area contributed by atoms with Gasteiger partial charge in [-0.05, 0) is 42.3 Å². The van der Waals surface area contributed by atoms with Crippen molar-refractivity contribution in [3.8, 4) is 0 Å². The third-order valence-corrected chi connectivity index (χ3v) is 2.16. The lowest BCUT2D eigenvalue weighted by molar-refractivity contribution is 0.0600. The molecular weight excluding hydrogens is 182 g/mol. The fourth-order valence-corrected chi connectivity index (χ4v) is 1.17. The Morgan fingerprint density at radius 3 is 2.50 bits per heavy atom. The maximum Gasteiger partial charge on any atom is 0.337 e. The first-order valence-electron chi connectivity index (χ1n) is 4.13. The summed E-state index contributed by atoms with van der Waals surface area (Å²) < 4.78 is 4.55. The van der Waals surface area contributed by atoms with Gasteiger partial charge in [0.25, 0.3) is 0 Å². The molecule has 0 N–H and O–H groups in total. The Hall–Kier alpha value is -1.71. The van der Waals surface area contributed by atoms with Crippen LogP contribution >= 0.6 is 0 Å². The van der Waals surface area contributed by atoms with E-state index in [1.54, 1.807) is 13.0 Å². The van der Waals surface area contributed by atoms with Gasteiger partial charge < -0.3 is 4.74 Å². The molecule has 0 saturated heterocycles. The van der Waals surface area contributed by atoms with Gasteiger partial charge in [0.1, 0.15) is 5.69 Å². The molecule has 0 fully saturated rings. The summed E-state index contributed by atoms with van der Waals surface area (Å²) in [6.45, 7) is 3.60. The third kappa shape index (κ3) is 1.79. The number of aryl methyl sites for hydroxylation is 1. The molecule has 1 aromatic rings. The van der Waals surface area contributed by atoms with Gasteiger partial charge in [0.2, 0.25) is 0 Å². The summed E-state index contributed by atoms with van der Waals surface area (Å²) in [4.78, 5) is 21.6. The molecule has 0 heterocycles. The van der Waals surface area contributed by atoms with Gasteiger partial charge in [-0.25, -0.2) is 4.79 Å². The lowest BCUT2D eigenvalue weighted by atomic mass is 10.0. The molecule has 0 spiro atoms. The summed E-state index contributed by atoms with van der Waals surface area (Å²) in [6, 6.07) is 3.11. The highest BCUT2D eigenvalue weighted by molar-refractivity contribution is 5.90. The van der Waals surface area contributed by atoms with Gasteiger partial charge in [0.15, 0.2) is 0 Å². The Morgan fingerprint density at radius 1 is 1.36 bits per heavy atom. The number of nitroso groups, excluding NO2 is 1. The molecule has 0 aromatic heterocycles. The van der Waals surface area contributed by atoms with Crippen molar-refractivity contribution in [1.82, 2.24) is 0 Å². The minimum absolute atomic E-state index is 0.283. The van der Waals surface area contributed by atoms with Crippen LogP contribution in [-0.4, -0.2) is 13.1 Å². The predicted molar refractivity (Wildman–Crippen MR) is 52.7 cm³/mol. The van der Waals surface area contributed by atoms with Crippen molar-refractivity contribution in [2.75, 3.05) is 7.11 Å². The minimum atomic E-state index is -0.460. The molecule has 0 bridgehead atoms. The number of benzene rings is 1. The maximum atomic E-state index is 11.2. The number of hydrogen-bond donors (Lipinski definition) is 0. The van der Waals surface area contributed by atoms with Crippen LogP contribution in [0.25, 0.3) is 0 Å². The molecule has 4 nitrogen and oxygen atoms in total. The van der Waals surface area contributed by atoms with Gasteiger partial charge in [-0.3, -0.25) is 0 Å². The lowest BCUT2D eigenvalue weighted by Crippen LogP contribution is -2.01. The van der Waals surface area contributed by atoms with Crippen molar-refractivity contribution < 1.29 is 9.53 Å². The Balaban J connectivity index is 3.29. The van der Waals surface area contributed by atoms with E-state index in [9.17, 15) is 9.70 Å². The molecule has 4 heteroatoms. The number of esters is 1. The monoisotopic (exact) mass is 193 g/mol. The fraction of sp³-hybridized carbons (Fsp3) is 0.300. The molecular formula is C10H11NO3.